The van der Waals surface area contributed by atoms with Crippen LogP contribution in [0.4, 0.5) is 29.9 Å². The number of hydrogen-bond donors (Lipinski definition) is 2. The van der Waals surface area contributed by atoms with Crippen molar-refractivity contribution in [3.8, 4) is 11.6 Å². The van der Waals surface area contributed by atoms with Gasteiger partial charge < -0.3 is 24.7 Å². The minimum atomic E-state index is -4.64. The number of carbonyl (C=O) groups is 1. The van der Waals surface area contributed by atoms with Gasteiger partial charge in [-0.05, 0) is 6.07 Å². The van der Waals surface area contributed by atoms with Crippen LogP contribution in [0.3, 0.4) is 0 Å². The number of aliphatic imine (C=N–C) groups is 1. The normalized spacial score (nSPS) is 17.7. The van der Waals surface area contributed by atoms with Gasteiger partial charge in [0.2, 0.25) is 11.2 Å². The van der Waals surface area contributed by atoms with Gasteiger partial charge in [-0.25, -0.2) is 9.98 Å². The predicted octanol–water partition coefficient (Wildman–Crippen LogP) is 4.28. The van der Waals surface area contributed by atoms with Gasteiger partial charge in [-0.15, -0.1) is 5.10 Å². The molecular weight excluding hydrogens is 535 g/mol. The topological polar surface area (TPSA) is 118 Å². The van der Waals surface area contributed by atoms with Gasteiger partial charge >= 0.3 is 12.2 Å². The molecule has 1 atom stereocenters. The number of nitrogens with one attached hydrogen (secondary N) is 2. The molecule has 200 valence electrons. The summed E-state index contributed by atoms with van der Waals surface area (Å²) in [5, 5.41) is 12.7. The van der Waals surface area contributed by atoms with Crippen LogP contribution in [0.5, 0.6) is 0 Å². The number of halogens is 3. The van der Waals surface area contributed by atoms with Gasteiger partial charge in [-0.1, -0.05) is 65.0 Å². The largest absolute Gasteiger partial charge is 0.443 e. The number of fused-ring (bicyclic) bond motifs is 1. The number of para-hydroxylation sites is 1. The van der Waals surface area contributed by atoms with Crippen LogP contribution in [0.1, 0.15) is 16.1 Å². The van der Waals surface area contributed by atoms with E-state index in [2.05, 4.69) is 30.8 Å². The molecule has 4 aromatic rings. The van der Waals surface area contributed by atoms with Crippen molar-refractivity contribution in [1.29, 1.82) is 0 Å². The summed E-state index contributed by atoms with van der Waals surface area (Å²) in [5.74, 6) is -0.689. The molecule has 2 aromatic heterocycles. The minimum Gasteiger partial charge on any atom is -0.402 e. The molecule has 2 aromatic carbocycles. The summed E-state index contributed by atoms with van der Waals surface area (Å²) in [6.45, 7) is 1.53. The average molecular weight is 556 g/mol. The molecule has 10 nitrogen and oxygen atoms in total. The first kappa shape index (κ1) is 25.0. The summed E-state index contributed by atoms with van der Waals surface area (Å²) < 4.78 is 51.5. The summed E-state index contributed by atoms with van der Waals surface area (Å²) >= 11 is 0.507. The van der Waals surface area contributed by atoms with Crippen molar-refractivity contribution in [3.05, 3.63) is 70.7 Å². The smallest absolute Gasteiger partial charge is 0.402 e. The lowest BCUT2D eigenvalue weighted by Gasteiger charge is -2.27. The van der Waals surface area contributed by atoms with E-state index in [9.17, 15) is 18.0 Å². The van der Waals surface area contributed by atoms with E-state index in [1.54, 1.807) is 17.0 Å². The number of ether oxygens (including phenoxy) is 1. The Labute approximate surface area is 223 Å². The zero-order chi connectivity index (χ0) is 27.0. The Morgan fingerprint density at radius 2 is 1.77 bits per heavy atom. The fraction of sp³-hybridized carbons (Fsp3) is 0.240. The Kier molecular flexibility index (Phi) is 6.48. The van der Waals surface area contributed by atoms with Crippen LogP contribution in [0.25, 0.3) is 11.6 Å². The van der Waals surface area contributed by atoms with E-state index in [1.807, 2.05) is 42.5 Å². The number of rotatable bonds is 5. The van der Waals surface area contributed by atoms with Crippen molar-refractivity contribution in [1.82, 2.24) is 15.2 Å². The molecule has 1 saturated heterocycles. The molecule has 4 heterocycles. The number of aromatic nitrogens is 3. The van der Waals surface area contributed by atoms with Crippen LogP contribution in [0.2, 0.25) is 0 Å². The fourth-order valence-electron chi connectivity index (χ4n) is 4.23. The van der Waals surface area contributed by atoms with Crippen LogP contribution < -0.4 is 15.5 Å². The number of amides is 1. The standard InChI is InChI=1S/C25H20F3N7O3S/c26-25(27,28)23-31-18(22(39-23)35-10-12-37-13-11-35)21-33-34-24(38-21)32-19-20(36)29-16-9-5-4-8-15(16)17(30-19)14-6-2-1-3-7-14/h1-9,19H,10-13H2,(H,29,36)(H,32,34)/t19-/m1/s1. The van der Waals surface area contributed by atoms with E-state index in [0.717, 1.165) is 11.1 Å². The Bertz CT molecular complexity index is 1530. The summed E-state index contributed by atoms with van der Waals surface area (Å²) in [4.78, 5) is 23.3. The Morgan fingerprint density at radius 3 is 2.54 bits per heavy atom. The minimum absolute atomic E-state index is 0.0824. The molecule has 39 heavy (non-hydrogen) atoms. The molecule has 0 radical (unpaired) electrons. The Hall–Kier alpha value is -4.30. The third kappa shape index (κ3) is 5.07. The lowest BCUT2D eigenvalue weighted by Crippen LogP contribution is -2.36. The van der Waals surface area contributed by atoms with Crippen LogP contribution in [-0.2, 0) is 15.7 Å². The summed E-state index contributed by atoms with van der Waals surface area (Å²) in [5.41, 5.74) is 2.58. The lowest BCUT2D eigenvalue weighted by molar-refractivity contribution is -0.137. The van der Waals surface area contributed by atoms with Crippen LogP contribution in [0, 0.1) is 0 Å². The van der Waals surface area contributed by atoms with Crippen molar-refractivity contribution in [2.45, 2.75) is 12.3 Å². The first-order chi connectivity index (χ1) is 18.9. The van der Waals surface area contributed by atoms with Crippen molar-refractivity contribution in [2.75, 3.05) is 41.8 Å². The zero-order valence-corrected chi connectivity index (χ0v) is 20.9. The molecule has 0 aliphatic carbocycles. The summed E-state index contributed by atoms with van der Waals surface area (Å²) in [6, 6.07) is 16.4. The molecule has 0 saturated carbocycles. The highest BCUT2D eigenvalue weighted by Crippen LogP contribution is 2.42. The van der Waals surface area contributed by atoms with Gasteiger partial charge in [0.15, 0.2) is 5.69 Å². The fourth-order valence-corrected chi connectivity index (χ4v) is 5.21. The number of nitrogens with zero attached hydrogens (tertiary/aromatic N) is 5. The van der Waals surface area contributed by atoms with Gasteiger partial charge in [0.05, 0.1) is 24.6 Å². The highest BCUT2D eigenvalue weighted by Gasteiger charge is 2.38. The molecule has 0 spiro atoms. The van der Waals surface area contributed by atoms with Crippen LogP contribution >= 0.6 is 11.3 Å². The van der Waals surface area contributed by atoms with Gasteiger partial charge in [0.1, 0.15) is 5.00 Å². The van der Waals surface area contributed by atoms with Crippen molar-refractivity contribution in [3.63, 3.8) is 0 Å². The highest BCUT2D eigenvalue weighted by atomic mass is 32.1. The Balaban J connectivity index is 1.33. The number of alkyl halides is 3. The molecular formula is C25H20F3N7O3S. The third-order valence-electron chi connectivity index (χ3n) is 6.03. The highest BCUT2D eigenvalue weighted by molar-refractivity contribution is 7.16. The number of thiazole rings is 1. The molecule has 1 amide bonds. The van der Waals surface area contributed by atoms with E-state index < -0.39 is 23.3 Å². The zero-order valence-electron chi connectivity index (χ0n) is 20.1. The summed E-state index contributed by atoms with van der Waals surface area (Å²) in [7, 11) is 0. The third-order valence-corrected chi connectivity index (χ3v) is 7.19. The van der Waals surface area contributed by atoms with Crippen LogP contribution in [-0.4, -0.2) is 59.3 Å². The maximum Gasteiger partial charge on any atom is 0.443 e. The molecule has 0 unspecified atom stereocenters. The first-order valence-corrected chi connectivity index (χ1v) is 12.7. The number of benzodiazepines with no additional fused rings is 1. The van der Waals surface area contributed by atoms with Gasteiger partial charge in [-0.3, -0.25) is 4.79 Å². The van der Waals surface area contributed by atoms with Crippen molar-refractivity contribution < 1.29 is 27.1 Å². The summed E-state index contributed by atoms with van der Waals surface area (Å²) in [6.07, 6.45) is -5.80. The van der Waals surface area contributed by atoms with E-state index in [-0.39, 0.29) is 22.6 Å². The molecule has 6 rings (SSSR count). The number of hydrogen-bond acceptors (Lipinski definition) is 10. The van der Waals surface area contributed by atoms with E-state index in [4.69, 9.17) is 9.15 Å². The maximum atomic E-state index is 13.5. The second kappa shape index (κ2) is 10.1. The molecule has 2 N–H and O–H groups in total. The SMILES string of the molecule is O=C1Nc2ccccc2C(c2ccccc2)=N[C@@H]1Nc1nnc(-c2nc(C(F)(F)F)sc2N2CCOCC2)o1. The van der Waals surface area contributed by atoms with E-state index >= 15 is 0 Å². The van der Waals surface area contributed by atoms with Gasteiger partial charge in [-0.2, -0.15) is 13.2 Å². The predicted molar refractivity (Wildman–Crippen MR) is 138 cm³/mol. The number of carbonyl (C=O) groups excluding carboxylic acids is 1. The average Bonchev–Trinajstić information content (AvgIpc) is 3.57. The number of morpholine rings is 1. The number of anilines is 3. The molecule has 1 fully saturated rings. The lowest BCUT2D eigenvalue weighted by atomic mass is 10.0. The quantitative estimate of drug-likeness (QED) is 0.375. The second-order valence-electron chi connectivity index (χ2n) is 8.61. The van der Waals surface area contributed by atoms with E-state index in [1.165, 1.54) is 0 Å². The maximum absolute atomic E-state index is 13.5. The van der Waals surface area contributed by atoms with Crippen molar-refractivity contribution in [2.24, 2.45) is 4.99 Å². The molecule has 0 bridgehead atoms. The van der Waals surface area contributed by atoms with Gasteiger partial charge in [0.25, 0.3) is 11.8 Å². The van der Waals surface area contributed by atoms with Gasteiger partial charge in [0, 0.05) is 24.2 Å². The molecule has 2 aliphatic rings. The monoisotopic (exact) mass is 555 g/mol. The number of benzene rings is 2. The van der Waals surface area contributed by atoms with Crippen LogP contribution in [0.15, 0.2) is 64.0 Å². The van der Waals surface area contributed by atoms with Crippen molar-refractivity contribution >= 4 is 39.7 Å². The molecule has 2 aliphatic heterocycles. The second-order valence-corrected chi connectivity index (χ2v) is 9.59. The Morgan fingerprint density at radius 1 is 1.03 bits per heavy atom. The first-order valence-electron chi connectivity index (χ1n) is 11.9. The molecule has 14 heteroatoms. The van der Waals surface area contributed by atoms with E-state index in [0.29, 0.717) is 49.0 Å².